The van der Waals surface area contributed by atoms with Gasteiger partial charge in [0.25, 0.3) is 0 Å². The summed E-state index contributed by atoms with van der Waals surface area (Å²) >= 11 is 0. The van der Waals surface area contributed by atoms with E-state index < -0.39 is 21.9 Å². The number of nitrogens with one attached hydrogen (secondary N) is 1. The van der Waals surface area contributed by atoms with E-state index in [0.29, 0.717) is 0 Å². The van der Waals surface area contributed by atoms with Gasteiger partial charge < -0.3 is 5.11 Å². The van der Waals surface area contributed by atoms with E-state index >= 15 is 0 Å². The van der Waals surface area contributed by atoms with Gasteiger partial charge in [0, 0.05) is 6.54 Å². The molecular weight excluding hydrogens is 271 g/mol. The number of aliphatic hydroxyl groups is 1. The Morgan fingerprint density at radius 3 is 2.79 bits per heavy atom. The van der Waals surface area contributed by atoms with Crippen molar-refractivity contribution in [3.05, 3.63) is 29.6 Å². The molecule has 1 fully saturated rings. The minimum Gasteiger partial charge on any atom is -0.391 e. The second kappa shape index (κ2) is 5.25. The summed E-state index contributed by atoms with van der Waals surface area (Å²) in [6, 6.07) is 4.58. The lowest BCUT2D eigenvalue weighted by Crippen LogP contribution is -2.33. The number of hydrogen-bond acceptors (Lipinski definition) is 4. The molecule has 0 aliphatic heterocycles. The fourth-order valence-corrected chi connectivity index (χ4v) is 2.76. The summed E-state index contributed by atoms with van der Waals surface area (Å²) in [6.45, 7) is -0.0771. The van der Waals surface area contributed by atoms with Gasteiger partial charge in [-0.15, -0.1) is 0 Å². The molecule has 1 unspecified atom stereocenters. The Morgan fingerprint density at radius 2 is 2.21 bits per heavy atom. The van der Waals surface area contributed by atoms with E-state index in [0.717, 1.165) is 31.0 Å². The lowest BCUT2D eigenvalue weighted by Gasteiger charge is -2.11. The van der Waals surface area contributed by atoms with E-state index in [-0.39, 0.29) is 22.9 Å². The number of halogens is 1. The van der Waals surface area contributed by atoms with Crippen molar-refractivity contribution in [1.29, 1.82) is 5.26 Å². The van der Waals surface area contributed by atoms with Gasteiger partial charge in [-0.05, 0) is 37.0 Å². The lowest BCUT2D eigenvalue weighted by atomic mass is 10.2. The van der Waals surface area contributed by atoms with Crippen molar-refractivity contribution in [2.24, 2.45) is 5.92 Å². The highest BCUT2D eigenvalue weighted by molar-refractivity contribution is 7.89. The Labute approximate surface area is 110 Å². The number of hydrogen-bond donors (Lipinski definition) is 2. The van der Waals surface area contributed by atoms with Gasteiger partial charge in [0.15, 0.2) is 0 Å². The maximum Gasteiger partial charge on any atom is 0.240 e. The van der Waals surface area contributed by atoms with Crippen molar-refractivity contribution in [3.8, 4) is 6.07 Å². The molecule has 0 radical (unpaired) electrons. The van der Waals surface area contributed by atoms with Crippen LogP contribution in [-0.2, 0) is 10.0 Å². The summed E-state index contributed by atoms with van der Waals surface area (Å²) in [7, 11) is -3.84. The van der Waals surface area contributed by atoms with Crippen LogP contribution in [0, 0.1) is 23.1 Å². The number of sulfonamides is 1. The Hall–Kier alpha value is -1.49. The van der Waals surface area contributed by atoms with E-state index in [1.807, 2.05) is 0 Å². The molecule has 19 heavy (non-hydrogen) atoms. The summed E-state index contributed by atoms with van der Waals surface area (Å²) in [5.41, 5.74) is -0.328. The molecule has 0 bridgehead atoms. The fourth-order valence-electron chi connectivity index (χ4n) is 1.68. The average Bonchev–Trinajstić information content (AvgIpc) is 3.20. The minimum atomic E-state index is -3.84. The summed E-state index contributed by atoms with van der Waals surface area (Å²) < 4.78 is 39.2. The quantitative estimate of drug-likeness (QED) is 0.834. The van der Waals surface area contributed by atoms with Crippen LogP contribution in [-0.4, -0.2) is 26.2 Å². The fraction of sp³-hybridized carbons (Fsp3) is 0.417. The number of benzene rings is 1. The van der Waals surface area contributed by atoms with E-state index in [1.165, 1.54) is 0 Å². The molecule has 1 aliphatic carbocycles. The molecule has 2 N–H and O–H groups in total. The third kappa shape index (κ3) is 3.29. The SMILES string of the molecule is N#Cc1cc(S(=O)(=O)NCC(O)C2CC2)ccc1F. The van der Waals surface area contributed by atoms with Crippen LogP contribution in [0.5, 0.6) is 0 Å². The maximum absolute atomic E-state index is 13.1. The highest BCUT2D eigenvalue weighted by Crippen LogP contribution is 2.32. The monoisotopic (exact) mass is 284 g/mol. The zero-order valence-corrected chi connectivity index (χ0v) is 10.8. The van der Waals surface area contributed by atoms with Gasteiger partial charge in [-0.1, -0.05) is 0 Å². The van der Waals surface area contributed by atoms with Crippen LogP contribution in [0.15, 0.2) is 23.1 Å². The zero-order valence-electron chi connectivity index (χ0n) is 10.0. The van der Waals surface area contributed by atoms with Gasteiger partial charge in [0.2, 0.25) is 10.0 Å². The van der Waals surface area contributed by atoms with Crippen molar-refractivity contribution < 1.29 is 17.9 Å². The van der Waals surface area contributed by atoms with Gasteiger partial charge in [-0.3, -0.25) is 0 Å². The normalized spacial score (nSPS) is 16.9. The van der Waals surface area contributed by atoms with Crippen LogP contribution < -0.4 is 4.72 Å². The molecule has 1 aromatic carbocycles. The van der Waals surface area contributed by atoms with E-state index in [1.54, 1.807) is 6.07 Å². The van der Waals surface area contributed by atoms with Gasteiger partial charge >= 0.3 is 0 Å². The number of aliphatic hydroxyl groups excluding tert-OH is 1. The Bertz CT molecular complexity index is 620. The molecule has 1 atom stereocenters. The molecule has 0 amide bonds. The molecule has 7 heteroatoms. The summed E-state index contributed by atoms with van der Waals surface area (Å²) in [6.07, 6.45) is 1.10. The first kappa shape index (κ1) is 13.9. The third-order valence-corrected chi connectivity index (χ3v) is 4.44. The van der Waals surface area contributed by atoms with E-state index in [2.05, 4.69) is 4.72 Å². The first-order valence-electron chi connectivity index (χ1n) is 5.81. The Balaban J connectivity index is 2.12. The lowest BCUT2D eigenvalue weighted by molar-refractivity contribution is 0.155. The number of rotatable bonds is 5. The molecule has 0 aromatic heterocycles. The zero-order chi connectivity index (χ0) is 14.0. The summed E-state index contributed by atoms with van der Waals surface area (Å²) in [4.78, 5) is -0.187. The maximum atomic E-state index is 13.1. The average molecular weight is 284 g/mol. The van der Waals surface area contributed by atoms with Gasteiger partial charge in [-0.2, -0.15) is 5.26 Å². The van der Waals surface area contributed by atoms with Crippen molar-refractivity contribution >= 4 is 10.0 Å². The molecule has 1 aromatic rings. The van der Waals surface area contributed by atoms with Crippen molar-refractivity contribution in [1.82, 2.24) is 4.72 Å². The standard InChI is InChI=1S/C12H13FN2O3S/c13-11-4-3-10(5-9(11)6-14)19(17,18)15-7-12(16)8-1-2-8/h3-5,8,12,15-16H,1-2,7H2. The molecule has 5 nitrogen and oxygen atoms in total. The molecule has 0 saturated heterocycles. The number of nitrogens with zero attached hydrogens (tertiary/aromatic N) is 1. The largest absolute Gasteiger partial charge is 0.391 e. The van der Waals surface area contributed by atoms with Crippen LogP contribution >= 0.6 is 0 Å². The first-order valence-corrected chi connectivity index (χ1v) is 7.30. The van der Waals surface area contributed by atoms with Crippen LogP contribution in [0.3, 0.4) is 0 Å². The number of nitriles is 1. The second-order valence-corrected chi connectivity index (χ2v) is 6.28. The van der Waals surface area contributed by atoms with Crippen molar-refractivity contribution in [3.63, 3.8) is 0 Å². The molecule has 1 aliphatic rings. The second-order valence-electron chi connectivity index (χ2n) is 4.51. The molecule has 2 rings (SSSR count). The van der Waals surface area contributed by atoms with E-state index in [4.69, 9.17) is 5.26 Å². The molecule has 0 spiro atoms. The third-order valence-electron chi connectivity index (χ3n) is 3.02. The predicted octanol–water partition coefficient (Wildman–Crippen LogP) is 0.747. The van der Waals surface area contributed by atoms with Crippen LogP contribution in [0.1, 0.15) is 18.4 Å². The van der Waals surface area contributed by atoms with Gasteiger partial charge in [0.1, 0.15) is 11.9 Å². The predicted molar refractivity (Wildman–Crippen MR) is 65.0 cm³/mol. The molecular formula is C12H13FN2O3S. The first-order chi connectivity index (χ1) is 8.94. The summed E-state index contributed by atoms with van der Waals surface area (Å²) in [5, 5.41) is 18.3. The van der Waals surface area contributed by atoms with Crippen molar-refractivity contribution in [2.45, 2.75) is 23.8 Å². The molecule has 102 valence electrons. The van der Waals surface area contributed by atoms with Crippen LogP contribution in [0.4, 0.5) is 4.39 Å². The molecule has 0 heterocycles. The van der Waals surface area contributed by atoms with Crippen molar-refractivity contribution in [2.75, 3.05) is 6.54 Å². The van der Waals surface area contributed by atoms with Gasteiger partial charge in [-0.25, -0.2) is 17.5 Å². The Morgan fingerprint density at radius 1 is 1.53 bits per heavy atom. The summed E-state index contributed by atoms with van der Waals surface area (Å²) in [5.74, 6) is -0.606. The highest BCUT2D eigenvalue weighted by Gasteiger charge is 2.30. The van der Waals surface area contributed by atoms with Gasteiger partial charge in [0.05, 0.1) is 16.6 Å². The van der Waals surface area contributed by atoms with E-state index in [9.17, 15) is 17.9 Å². The smallest absolute Gasteiger partial charge is 0.240 e. The highest BCUT2D eigenvalue weighted by atomic mass is 32.2. The topological polar surface area (TPSA) is 90.2 Å². The Kier molecular flexibility index (Phi) is 3.85. The van der Waals surface area contributed by atoms with Crippen LogP contribution in [0.25, 0.3) is 0 Å². The minimum absolute atomic E-state index is 0.0771. The molecule has 1 saturated carbocycles. The van der Waals surface area contributed by atoms with Crippen LogP contribution in [0.2, 0.25) is 0 Å².